The summed E-state index contributed by atoms with van der Waals surface area (Å²) in [6.45, 7) is 8.42. The van der Waals surface area contributed by atoms with Gasteiger partial charge >= 0.3 is 0 Å². The third-order valence-electron chi connectivity index (χ3n) is 3.70. The van der Waals surface area contributed by atoms with Crippen LogP contribution < -0.4 is 5.32 Å². The maximum absolute atomic E-state index is 4.22. The second-order valence-electron chi connectivity index (χ2n) is 5.36. The van der Waals surface area contributed by atoms with Crippen LogP contribution >= 0.6 is 0 Å². The molecular weight excluding hydrogens is 260 g/mol. The average molecular weight is 286 g/mol. The first-order valence-corrected chi connectivity index (χ1v) is 8.00. The maximum Gasteiger partial charge on any atom is 0.0801 e. The number of aryl methyl sites for hydroxylation is 2. The van der Waals surface area contributed by atoms with Gasteiger partial charge in [0.25, 0.3) is 0 Å². The lowest BCUT2D eigenvalue weighted by Gasteiger charge is -2.20. The summed E-state index contributed by atoms with van der Waals surface area (Å²) in [5.74, 6) is 0. The molecule has 4 nitrogen and oxygen atoms in total. The Bertz CT molecular complexity index is 530. The highest BCUT2D eigenvalue weighted by molar-refractivity contribution is 5.30. The zero-order valence-corrected chi connectivity index (χ0v) is 13.3. The minimum atomic E-state index is 0.164. The number of rotatable bonds is 8. The van der Waals surface area contributed by atoms with E-state index in [0.29, 0.717) is 0 Å². The molecule has 0 saturated carbocycles. The molecule has 1 aromatic carbocycles. The monoisotopic (exact) mass is 286 g/mol. The van der Waals surface area contributed by atoms with Crippen LogP contribution in [-0.4, -0.2) is 21.5 Å². The Labute approximate surface area is 127 Å². The van der Waals surface area contributed by atoms with Crippen molar-refractivity contribution in [1.29, 1.82) is 0 Å². The van der Waals surface area contributed by atoms with Crippen molar-refractivity contribution in [2.45, 2.75) is 52.6 Å². The van der Waals surface area contributed by atoms with E-state index in [9.17, 15) is 0 Å². The number of nitrogens with zero attached hydrogens (tertiary/aromatic N) is 3. The first-order chi connectivity index (χ1) is 10.3. The maximum atomic E-state index is 4.22. The van der Waals surface area contributed by atoms with Gasteiger partial charge in [-0.05, 0) is 36.9 Å². The Morgan fingerprint density at radius 1 is 1.10 bits per heavy atom. The molecule has 2 aromatic rings. The standard InChI is InChI=1S/C17H26N4/c1-4-11-18-17(15-9-7-14(6-3)8-10-15)16-13-19-20-21(16)12-5-2/h7-10,13,17-18H,4-6,11-12H2,1-3H3. The highest BCUT2D eigenvalue weighted by atomic mass is 15.4. The number of hydrogen-bond acceptors (Lipinski definition) is 3. The van der Waals surface area contributed by atoms with Gasteiger partial charge in [-0.3, -0.25) is 0 Å². The fourth-order valence-corrected chi connectivity index (χ4v) is 2.50. The van der Waals surface area contributed by atoms with Crippen molar-refractivity contribution in [1.82, 2.24) is 20.3 Å². The first kappa shape index (κ1) is 15.7. The molecule has 1 atom stereocenters. The van der Waals surface area contributed by atoms with E-state index in [1.165, 1.54) is 11.1 Å². The molecule has 1 aromatic heterocycles. The minimum absolute atomic E-state index is 0.164. The predicted molar refractivity (Wildman–Crippen MR) is 86.3 cm³/mol. The summed E-state index contributed by atoms with van der Waals surface area (Å²) in [6.07, 6.45) is 5.13. The third kappa shape index (κ3) is 3.91. The van der Waals surface area contributed by atoms with Gasteiger partial charge < -0.3 is 5.32 Å². The highest BCUT2D eigenvalue weighted by Crippen LogP contribution is 2.22. The summed E-state index contributed by atoms with van der Waals surface area (Å²) in [6, 6.07) is 9.02. The molecule has 114 valence electrons. The van der Waals surface area contributed by atoms with Gasteiger partial charge in [0.15, 0.2) is 0 Å². The number of benzene rings is 1. The zero-order valence-electron chi connectivity index (χ0n) is 13.3. The summed E-state index contributed by atoms with van der Waals surface area (Å²) in [5, 5.41) is 11.9. The molecule has 21 heavy (non-hydrogen) atoms. The van der Waals surface area contributed by atoms with Crippen LogP contribution in [0.15, 0.2) is 30.5 Å². The van der Waals surface area contributed by atoms with Gasteiger partial charge in [0.1, 0.15) is 0 Å². The van der Waals surface area contributed by atoms with Crippen molar-refractivity contribution in [3.63, 3.8) is 0 Å². The zero-order chi connectivity index (χ0) is 15.1. The Balaban J connectivity index is 2.29. The Hall–Kier alpha value is -1.68. The number of hydrogen-bond donors (Lipinski definition) is 1. The van der Waals surface area contributed by atoms with Gasteiger partial charge in [-0.25, -0.2) is 4.68 Å². The van der Waals surface area contributed by atoms with E-state index in [0.717, 1.165) is 38.0 Å². The van der Waals surface area contributed by atoms with Crippen LogP contribution in [0, 0.1) is 0 Å². The smallest absolute Gasteiger partial charge is 0.0801 e. The topological polar surface area (TPSA) is 42.7 Å². The molecule has 0 amide bonds. The largest absolute Gasteiger partial charge is 0.305 e. The van der Waals surface area contributed by atoms with E-state index in [1.54, 1.807) is 0 Å². The van der Waals surface area contributed by atoms with Gasteiger partial charge in [0.2, 0.25) is 0 Å². The Kier molecular flexibility index (Phi) is 5.93. The van der Waals surface area contributed by atoms with Crippen molar-refractivity contribution >= 4 is 0 Å². The molecule has 1 N–H and O–H groups in total. The fraction of sp³-hybridized carbons (Fsp3) is 0.529. The normalized spacial score (nSPS) is 12.5. The van der Waals surface area contributed by atoms with E-state index in [2.05, 4.69) is 60.7 Å². The average Bonchev–Trinajstić information content (AvgIpc) is 2.97. The van der Waals surface area contributed by atoms with Crippen molar-refractivity contribution in [3.8, 4) is 0 Å². The molecule has 0 aliphatic heterocycles. The van der Waals surface area contributed by atoms with E-state index in [-0.39, 0.29) is 6.04 Å². The van der Waals surface area contributed by atoms with Crippen LogP contribution in [0.4, 0.5) is 0 Å². The summed E-state index contributed by atoms with van der Waals surface area (Å²) in [4.78, 5) is 0. The number of aromatic nitrogens is 3. The van der Waals surface area contributed by atoms with Crippen LogP contribution in [-0.2, 0) is 13.0 Å². The van der Waals surface area contributed by atoms with Gasteiger partial charge in [0, 0.05) is 6.54 Å². The first-order valence-electron chi connectivity index (χ1n) is 8.00. The summed E-state index contributed by atoms with van der Waals surface area (Å²) < 4.78 is 2.01. The lowest BCUT2D eigenvalue weighted by atomic mass is 10.0. The van der Waals surface area contributed by atoms with Gasteiger partial charge in [-0.2, -0.15) is 0 Å². The third-order valence-corrected chi connectivity index (χ3v) is 3.70. The molecule has 0 saturated heterocycles. The Morgan fingerprint density at radius 2 is 1.86 bits per heavy atom. The molecule has 1 unspecified atom stereocenters. The second-order valence-corrected chi connectivity index (χ2v) is 5.36. The number of nitrogens with one attached hydrogen (secondary N) is 1. The van der Waals surface area contributed by atoms with Gasteiger partial charge in [-0.15, -0.1) is 5.10 Å². The molecule has 0 fully saturated rings. The lowest BCUT2D eigenvalue weighted by molar-refractivity contribution is 0.504. The SMILES string of the molecule is CCCNC(c1ccc(CC)cc1)c1cnnn1CCC. The molecule has 0 spiro atoms. The molecule has 0 radical (unpaired) electrons. The van der Waals surface area contributed by atoms with Crippen molar-refractivity contribution in [2.24, 2.45) is 0 Å². The van der Waals surface area contributed by atoms with Crippen molar-refractivity contribution < 1.29 is 0 Å². The lowest BCUT2D eigenvalue weighted by Crippen LogP contribution is -2.26. The molecule has 4 heteroatoms. The van der Waals surface area contributed by atoms with Crippen LogP contribution in [0.3, 0.4) is 0 Å². The van der Waals surface area contributed by atoms with Crippen LogP contribution in [0.25, 0.3) is 0 Å². The van der Waals surface area contributed by atoms with Gasteiger partial charge in [-0.1, -0.05) is 50.3 Å². The highest BCUT2D eigenvalue weighted by Gasteiger charge is 2.18. The molecule has 0 aliphatic rings. The molecule has 2 rings (SSSR count). The Morgan fingerprint density at radius 3 is 2.48 bits per heavy atom. The van der Waals surface area contributed by atoms with E-state index in [1.807, 2.05) is 10.9 Å². The summed E-state index contributed by atoms with van der Waals surface area (Å²) >= 11 is 0. The van der Waals surface area contributed by atoms with E-state index in [4.69, 9.17) is 0 Å². The van der Waals surface area contributed by atoms with E-state index < -0.39 is 0 Å². The molecule has 1 heterocycles. The van der Waals surface area contributed by atoms with Crippen LogP contribution in [0.5, 0.6) is 0 Å². The summed E-state index contributed by atoms with van der Waals surface area (Å²) in [7, 11) is 0. The van der Waals surface area contributed by atoms with Crippen molar-refractivity contribution in [3.05, 3.63) is 47.3 Å². The minimum Gasteiger partial charge on any atom is -0.305 e. The fourth-order valence-electron chi connectivity index (χ4n) is 2.50. The van der Waals surface area contributed by atoms with Gasteiger partial charge in [0.05, 0.1) is 17.9 Å². The van der Waals surface area contributed by atoms with Crippen molar-refractivity contribution in [2.75, 3.05) is 6.54 Å². The summed E-state index contributed by atoms with van der Waals surface area (Å²) in [5.41, 5.74) is 3.79. The quantitative estimate of drug-likeness (QED) is 0.809. The predicted octanol–water partition coefficient (Wildman–Crippen LogP) is 3.34. The van der Waals surface area contributed by atoms with Crippen LogP contribution in [0.1, 0.15) is 56.5 Å². The molecule has 0 aliphatic carbocycles. The molecular formula is C17H26N4. The molecule has 0 bridgehead atoms. The van der Waals surface area contributed by atoms with Crippen LogP contribution in [0.2, 0.25) is 0 Å². The second kappa shape index (κ2) is 7.93. The van der Waals surface area contributed by atoms with E-state index >= 15 is 0 Å².